The molecule has 1 aromatic carbocycles. The van der Waals surface area contributed by atoms with Crippen LogP contribution in [0.25, 0.3) is 0 Å². The Kier molecular flexibility index (Phi) is 7.08. The minimum Gasteiger partial charge on any atom is -0.352 e. The molecule has 1 aliphatic heterocycles. The first kappa shape index (κ1) is 20.8. The lowest BCUT2D eigenvalue weighted by molar-refractivity contribution is -0.121. The van der Waals surface area contributed by atoms with E-state index >= 15 is 0 Å². The summed E-state index contributed by atoms with van der Waals surface area (Å²) in [6.07, 6.45) is 1.65. The van der Waals surface area contributed by atoms with Crippen molar-refractivity contribution in [1.29, 1.82) is 0 Å². The summed E-state index contributed by atoms with van der Waals surface area (Å²) in [4.78, 5) is 26.3. The van der Waals surface area contributed by atoms with E-state index in [2.05, 4.69) is 48.3 Å². The molecular formula is C22H31N3O2S. The summed E-state index contributed by atoms with van der Waals surface area (Å²) < 4.78 is 1.65. The molecule has 2 heterocycles. The standard InChI is InChI=1S/C22H31N3O2S/c1-16-10-17(2)13-24(12-16)14-20-6-4-19(5-7-20)11-23-21(26)8-9-25-18(3)15-28-22(25)27/h4-7,15-17H,8-14H2,1-3H3,(H,23,26)/t16-,17-/m0/s1. The Morgan fingerprint density at radius 1 is 1.14 bits per heavy atom. The van der Waals surface area contributed by atoms with E-state index in [1.165, 1.54) is 36.4 Å². The number of aromatic nitrogens is 1. The van der Waals surface area contributed by atoms with Gasteiger partial charge in [0.05, 0.1) is 0 Å². The van der Waals surface area contributed by atoms with Crippen molar-refractivity contribution in [2.75, 3.05) is 13.1 Å². The highest BCUT2D eigenvalue weighted by molar-refractivity contribution is 7.07. The smallest absolute Gasteiger partial charge is 0.307 e. The summed E-state index contributed by atoms with van der Waals surface area (Å²) in [6, 6.07) is 8.53. The van der Waals surface area contributed by atoms with E-state index in [1.54, 1.807) is 4.57 Å². The van der Waals surface area contributed by atoms with Gasteiger partial charge in [0.15, 0.2) is 0 Å². The van der Waals surface area contributed by atoms with Gasteiger partial charge in [-0.3, -0.25) is 14.5 Å². The average molecular weight is 402 g/mol. The van der Waals surface area contributed by atoms with E-state index < -0.39 is 0 Å². The van der Waals surface area contributed by atoms with Crippen molar-refractivity contribution < 1.29 is 4.79 Å². The number of rotatable bonds is 7. The van der Waals surface area contributed by atoms with Crippen LogP contribution in [0.3, 0.4) is 0 Å². The summed E-state index contributed by atoms with van der Waals surface area (Å²) in [5, 5.41) is 4.78. The molecule has 2 atom stereocenters. The van der Waals surface area contributed by atoms with Gasteiger partial charge < -0.3 is 9.88 Å². The van der Waals surface area contributed by atoms with Gasteiger partial charge in [0.25, 0.3) is 0 Å². The van der Waals surface area contributed by atoms with Crippen molar-refractivity contribution in [3.05, 3.63) is 56.1 Å². The van der Waals surface area contributed by atoms with Gasteiger partial charge in [0, 0.05) is 50.2 Å². The molecule has 28 heavy (non-hydrogen) atoms. The van der Waals surface area contributed by atoms with Gasteiger partial charge in [-0.1, -0.05) is 49.4 Å². The van der Waals surface area contributed by atoms with E-state index in [9.17, 15) is 9.59 Å². The maximum atomic E-state index is 12.1. The van der Waals surface area contributed by atoms with Crippen LogP contribution in [0, 0.1) is 18.8 Å². The number of nitrogens with one attached hydrogen (secondary N) is 1. The van der Waals surface area contributed by atoms with E-state index in [4.69, 9.17) is 0 Å². The third-order valence-corrected chi connectivity index (χ3v) is 6.28. The number of hydrogen-bond donors (Lipinski definition) is 1. The molecule has 0 aliphatic carbocycles. The summed E-state index contributed by atoms with van der Waals surface area (Å²) in [5.41, 5.74) is 3.33. The molecule has 1 N–H and O–H groups in total. The first-order valence-corrected chi connectivity index (χ1v) is 11.0. The molecule has 0 bridgehead atoms. The number of benzene rings is 1. The first-order chi connectivity index (χ1) is 13.4. The fourth-order valence-electron chi connectivity index (χ4n) is 4.12. The van der Waals surface area contributed by atoms with Crippen LogP contribution in [0.5, 0.6) is 0 Å². The monoisotopic (exact) mass is 401 g/mol. The molecule has 6 heteroatoms. The molecule has 0 spiro atoms. The molecule has 0 radical (unpaired) electrons. The van der Waals surface area contributed by atoms with Crippen molar-refractivity contribution in [2.45, 2.75) is 53.2 Å². The third kappa shape index (κ3) is 5.79. The summed E-state index contributed by atoms with van der Waals surface area (Å²) in [7, 11) is 0. The quantitative estimate of drug-likeness (QED) is 0.774. The lowest BCUT2D eigenvalue weighted by Gasteiger charge is -2.35. The molecule has 0 unspecified atom stereocenters. The molecule has 1 fully saturated rings. The number of carbonyl (C=O) groups is 1. The molecular weight excluding hydrogens is 370 g/mol. The normalized spacial score (nSPS) is 20.2. The van der Waals surface area contributed by atoms with Crippen LogP contribution in [0.1, 0.15) is 43.5 Å². The molecule has 1 aliphatic rings. The van der Waals surface area contributed by atoms with E-state index in [1.807, 2.05) is 12.3 Å². The molecule has 2 aromatic rings. The maximum absolute atomic E-state index is 12.1. The van der Waals surface area contributed by atoms with Crippen LogP contribution in [0.15, 0.2) is 34.4 Å². The fourth-order valence-corrected chi connectivity index (χ4v) is 4.88. The van der Waals surface area contributed by atoms with Gasteiger partial charge in [-0.15, -0.1) is 0 Å². The molecule has 0 saturated carbocycles. The van der Waals surface area contributed by atoms with Crippen LogP contribution in [0.2, 0.25) is 0 Å². The predicted octanol–water partition coefficient (Wildman–Crippen LogP) is 3.40. The van der Waals surface area contributed by atoms with Gasteiger partial charge in [-0.05, 0) is 36.3 Å². The van der Waals surface area contributed by atoms with Crippen molar-refractivity contribution in [3.63, 3.8) is 0 Å². The SMILES string of the molecule is Cc1csc(=O)n1CCC(=O)NCc1ccc(CN2C[C@@H](C)C[C@H](C)C2)cc1. The second kappa shape index (κ2) is 9.52. The van der Waals surface area contributed by atoms with Crippen LogP contribution < -0.4 is 10.2 Å². The average Bonchev–Trinajstić information content (AvgIpc) is 2.96. The summed E-state index contributed by atoms with van der Waals surface area (Å²) >= 11 is 1.18. The zero-order valence-electron chi connectivity index (χ0n) is 17.1. The highest BCUT2D eigenvalue weighted by Crippen LogP contribution is 2.22. The number of thiazole rings is 1. The fraction of sp³-hybridized carbons (Fsp3) is 0.545. The number of nitrogens with zero attached hydrogens (tertiary/aromatic N) is 2. The van der Waals surface area contributed by atoms with Gasteiger partial charge in [-0.2, -0.15) is 0 Å². The number of likely N-dealkylation sites (tertiary alicyclic amines) is 1. The molecule has 3 rings (SSSR count). The number of carbonyl (C=O) groups excluding carboxylic acids is 1. The Morgan fingerprint density at radius 2 is 1.79 bits per heavy atom. The van der Waals surface area contributed by atoms with E-state index in [0.29, 0.717) is 19.5 Å². The van der Waals surface area contributed by atoms with Crippen molar-refractivity contribution in [3.8, 4) is 0 Å². The third-order valence-electron chi connectivity index (χ3n) is 5.40. The largest absolute Gasteiger partial charge is 0.352 e. The van der Waals surface area contributed by atoms with Crippen LogP contribution >= 0.6 is 11.3 Å². The van der Waals surface area contributed by atoms with Gasteiger partial charge in [0.1, 0.15) is 0 Å². The highest BCUT2D eigenvalue weighted by Gasteiger charge is 2.21. The van der Waals surface area contributed by atoms with E-state index in [0.717, 1.165) is 29.6 Å². The van der Waals surface area contributed by atoms with Crippen LogP contribution in [-0.4, -0.2) is 28.5 Å². The maximum Gasteiger partial charge on any atom is 0.307 e. The van der Waals surface area contributed by atoms with Crippen LogP contribution in [-0.2, 0) is 24.4 Å². The minimum absolute atomic E-state index is 0.00150. The molecule has 1 amide bonds. The zero-order chi connectivity index (χ0) is 20.1. The van der Waals surface area contributed by atoms with Crippen LogP contribution in [0.4, 0.5) is 0 Å². The Labute approximate surface area is 171 Å². The predicted molar refractivity (Wildman–Crippen MR) is 114 cm³/mol. The Bertz CT molecular complexity index is 830. The molecule has 1 aromatic heterocycles. The summed E-state index contributed by atoms with van der Waals surface area (Å²) in [6.45, 7) is 10.9. The second-order valence-electron chi connectivity index (χ2n) is 8.28. The Hall–Kier alpha value is -1.92. The number of piperidine rings is 1. The molecule has 1 saturated heterocycles. The second-order valence-corrected chi connectivity index (χ2v) is 9.10. The number of aryl methyl sites for hydroxylation is 1. The van der Waals surface area contributed by atoms with Crippen molar-refractivity contribution in [1.82, 2.24) is 14.8 Å². The van der Waals surface area contributed by atoms with Gasteiger partial charge in [0.2, 0.25) is 5.91 Å². The molecule has 152 valence electrons. The number of hydrogen-bond acceptors (Lipinski definition) is 4. The lowest BCUT2D eigenvalue weighted by Crippen LogP contribution is -2.38. The van der Waals surface area contributed by atoms with Gasteiger partial charge in [-0.25, -0.2) is 0 Å². The number of amides is 1. The Balaban J connectivity index is 1.44. The topological polar surface area (TPSA) is 54.3 Å². The minimum atomic E-state index is -0.0298. The first-order valence-electron chi connectivity index (χ1n) is 10.1. The molecule has 5 nitrogen and oxygen atoms in total. The summed E-state index contributed by atoms with van der Waals surface area (Å²) in [5.74, 6) is 1.51. The van der Waals surface area contributed by atoms with Crippen molar-refractivity contribution in [2.24, 2.45) is 11.8 Å². The van der Waals surface area contributed by atoms with Crippen molar-refractivity contribution >= 4 is 17.2 Å². The highest BCUT2D eigenvalue weighted by atomic mass is 32.1. The van der Waals surface area contributed by atoms with E-state index in [-0.39, 0.29) is 10.8 Å². The lowest BCUT2D eigenvalue weighted by atomic mass is 9.91. The van der Waals surface area contributed by atoms with Gasteiger partial charge >= 0.3 is 4.87 Å². The zero-order valence-corrected chi connectivity index (χ0v) is 17.9. The Morgan fingerprint density at radius 3 is 2.39 bits per heavy atom.